The molecule has 11 heteroatoms. The van der Waals surface area contributed by atoms with Crippen molar-refractivity contribution in [2.45, 2.75) is 159 Å². The van der Waals surface area contributed by atoms with E-state index in [-0.39, 0.29) is 54.7 Å². The first-order chi connectivity index (χ1) is 21.7. The number of aliphatic hydroxyl groups is 5. The van der Waals surface area contributed by atoms with E-state index in [4.69, 9.17) is 23.7 Å². The van der Waals surface area contributed by atoms with E-state index >= 15 is 0 Å². The molecule has 3 unspecified atom stereocenters. The SMILES string of the molecule is C[C@H]1O[C@@H](O[C@H]2[C@@H](O)CC(O[C@H]3CC[C@]4(C)C5C[C@@H](O)[C@]6(C)[C@@H](C7=CC(=O)OC7)CC[C@]6(O)C5CC[C@@H]4C3)O[C@@H]2C)C[C@H](O)[C@@H]1O. The summed E-state index contributed by atoms with van der Waals surface area (Å²) in [6, 6.07) is 0. The summed E-state index contributed by atoms with van der Waals surface area (Å²) in [4.78, 5) is 11.9. The number of rotatable bonds is 5. The van der Waals surface area contributed by atoms with Crippen molar-refractivity contribution in [2.24, 2.45) is 34.5 Å². The average Bonchev–Trinajstić information content (AvgIpc) is 3.55. The van der Waals surface area contributed by atoms with Crippen molar-refractivity contribution < 1.29 is 54.0 Å². The maximum Gasteiger partial charge on any atom is 0.331 e. The molecule has 17 atom stereocenters. The molecule has 0 spiro atoms. The predicted molar refractivity (Wildman–Crippen MR) is 163 cm³/mol. The quantitative estimate of drug-likeness (QED) is 0.219. The molecule has 0 aromatic rings. The molecule has 0 aromatic heterocycles. The summed E-state index contributed by atoms with van der Waals surface area (Å²) in [5, 5.41) is 55.4. The van der Waals surface area contributed by atoms with E-state index in [0.717, 1.165) is 44.1 Å². The van der Waals surface area contributed by atoms with Crippen molar-refractivity contribution in [3.8, 4) is 0 Å². The summed E-state index contributed by atoms with van der Waals surface area (Å²) in [6.07, 6.45) is 2.09. The molecule has 0 aromatic carbocycles. The van der Waals surface area contributed by atoms with Crippen LogP contribution in [0.15, 0.2) is 11.6 Å². The lowest BCUT2D eigenvalue weighted by molar-refractivity contribution is -0.318. The minimum Gasteiger partial charge on any atom is -0.458 e. The first-order valence-electron chi connectivity index (χ1n) is 17.7. The van der Waals surface area contributed by atoms with Crippen LogP contribution in [0.4, 0.5) is 0 Å². The lowest BCUT2D eigenvalue weighted by atomic mass is 9.42. The first-order valence-corrected chi connectivity index (χ1v) is 17.7. The monoisotopic (exact) mass is 650 g/mol. The second-order valence-electron chi connectivity index (χ2n) is 16.1. The molecule has 46 heavy (non-hydrogen) atoms. The Kier molecular flexibility index (Phi) is 8.71. The molecule has 3 heterocycles. The van der Waals surface area contributed by atoms with E-state index in [0.29, 0.717) is 18.8 Å². The van der Waals surface area contributed by atoms with Crippen LogP contribution in [0.1, 0.15) is 91.9 Å². The summed E-state index contributed by atoms with van der Waals surface area (Å²) in [5.41, 5.74) is -0.819. The number of carbonyl (C=O) groups is 1. The molecule has 0 amide bonds. The number of aliphatic hydroxyl groups excluding tert-OH is 4. The maximum atomic E-state index is 12.5. The molecule has 4 aliphatic carbocycles. The number of hydrogen-bond donors (Lipinski definition) is 5. The Morgan fingerprint density at radius 1 is 0.826 bits per heavy atom. The van der Waals surface area contributed by atoms with Gasteiger partial charge in [-0.15, -0.1) is 0 Å². The van der Waals surface area contributed by atoms with Crippen molar-refractivity contribution in [3.63, 3.8) is 0 Å². The van der Waals surface area contributed by atoms with Gasteiger partial charge in [0, 0.05) is 24.3 Å². The Morgan fingerprint density at radius 3 is 2.24 bits per heavy atom. The van der Waals surface area contributed by atoms with E-state index in [1.807, 2.05) is 13.8 Å². The third kappa shape index (κ3) is 5.22. The summed E-state index contributed by atoms with van der Waals surface area (Å²) < 4.78 is 29.7. The highest BCUT2D eigenvalue weighted by Crippen LogP contribution is 2.70. The first kappa shape index (κ1) is 33.4. The fraction of sp³-hybridized carbons (Fsp3) is 0.914. The molecule has 3 aliphatic heterocycles. The highest BCUT2D eigenvalue weighted by atomic mass is 16.7. The Labute approximate surface area is 271 Å². The Morgan fingerprint density at radius 2 is 1.54 bits per heavy atom. The van der Waals surface area contributed by atoms with Gasteiger partial charge < -0.3 is 49.2 Å². The van der Waals surface area contributed by atoms with E-state index < -0.39 is 66.3 Å². The van der Waals surface area contributed by atoms with E-state index in [9.17, 15) is 30.3 Å². The van der Waals surface area contributed by atoms with Crippen molar-refractivity contribution in [3.05, 3.63) is 11.6 Å². The summed E-state index contributed by atoms with van der Waals surface area (Å²) in [5.74, 6) is 0.294. The van der Waals surface area contributed by atoms with Crippen LogP contribution in [0.5, 0.6) is 0 Å². The smallest absolute Gasteiger partial charge is 0.331 e. The van der Waals surface area contributed by atoms with Gasteiger partial charge in [-0.3, -0.25) is 0 Å². The van der Waals surface area contributed by atoms with Crippen molar-refractivity contribution >= 4 is 5.97 Å². The average molecular weight is 651 g/mol. The molecule has 260 valence electrons. The molecular weight excluding hydrogens is 596 g/mol. The Hall–Kier alpha value is -1.15. The van der Waals surface area contributed by atoms with Gasteiger partial charge in [0.2, 0.25) is 0 Å². The van der Waals surface area contributed by atoms with E-state index in [1.54, 1.807) is 13.0 Å². The second kappa shape index (κ2) is 12.0. The Balaban J connectivity index is 0.976. The van der Waals surface area contributed by atoms with Crippen LogP contribution >= 0.6 is 0 Å². The number of fused-ring (bicyclic) bond motifs is 5. The zero-order valence-corrected chi connectivity index (χ0v) is 27.6. The fourth-order valence-electron chi connectivity index (χ4n) is 11.3. The molecular formula is C35H54O11. The molecule has 6 fully saturated rings. The van der Waals surface area contributed by atoms with Gasteiger partial charge in [0.1, 0.15) is 18.8 Å². The highest BCUT2D eigenvalue weighted by molar-refractivity contribution is 5.85. The standard InChI is InChI=1S/C35H54O11/c1-17-31(40)25(36)14-30(43-17)46-32-18(2)44-29(15-26(32)37)45-21-7-9-33(3)20(12-21)5-6-23-24(33)13-27(38)34(4)22(8-10-35(23,34)41)19-11-28(39)42-16-19/h11,17-18,20-27,29-32,36-38,40-41H,5-10,12-16H2,1-4H3/t17-,18-,20-,21+,22-,23?,24?,25+,26+,27-,29?,30+,31-,32-,33+,34+,35+/m1/s1. The molecule has 7 aliphatic rings. The predicted octanol–water partition coefficient (Wildman–Crippen LogP) is 2.34. The topological polar surface area (TPSA) is 164 Å². The van der Waals surface area contributed by atoms with Crippen LogP contribution in [0.25, 0.3) is 0 Å². The molecule has 7 rings (SSSR count). The van der Waals surface area contributed by atoms with Crippen LogP contribution in [-0.2, 0) is 28.5 Å². The zero-order valence-electron chi connectivity index (χ0n) is 27.6. The zero-order chi connectivity index (χ0) is 32.8. The minimum absolute atomic E-state index is 0.0137. The Bertz CT molecular complexity index is 1170. The number of hydrogen-bond acceptors (Lipinski definition) is 11. The summed E-state index contributed by atoms with van der Waals surface area (Å²) >= 11 is 0. The lowest BCUT2D eigenvalue weighted by Gasteiger charge is -2.65. The molecule has 5 N–H and O–H groups in total. The third-order valence-electron chi connectivity index (χ3n) is 14.0. The van der Waals surface area contributed by atoms with Crippen LogP contribution < -0.4 is 0 Å². The number of cyclic esters (lactones) is 1. The number of carbonyl (C=O) groups excluding carboxylic acids is 1. The largest absolute Gasteiger partial charge is 0.458 e. The van der Waals surface area contributed by atoms with Gasteiger partial charge in [-0.25, -0.2) is 4.79 Å². The maximum absolute atomic E-state index is 12.5. The van der Waals surface area contributed by atoms with Gasteiger partial charge in [-0.2, -0.15) is 0 Å². The summed E-state index contributed by atoms with van der Waals surface area (Å²) in [7, 11) is 0. The van der Waals surface area contributed by atoms with Crippen molar-refractivity contribution in [1.29, 1.82) is 0 Å². The molecule has 2 saturated heterocycles. The van der Waals surface area contributed by atoms with Crippen molar-refractivity contribution in [1.82, 2.24) is 0 Å². The minimum atomic E-state index is -0.993. The van der Waals surface area contributed by atoms with Crippen LogP contribution in [-0.4, -0.2) is 105 Å². The van der Waals surface area contributed by atoms with Gasteiger partial charge in [-0.1, -0.05) is 13.8 Å². The highest BCUT2D eigenvalue weighted by Gasteiger charge is 2.70. The van der Waals surface area contributed by atoms with Crippen molar-refractivity contribution in [2.75, 3.05) is 6.61 Å². The summed E-state index contributed by atoms with van der Waals surface area (Å²) in [6.45, 7) is 8.18. The van der Waals surface area contributed by atoms with Crippen LogP contribution in [0, 0.1) is 34.5 Å². The van der Waals surface area contributed by atoms with Crippen LogP contribution in [0.2, 0.25) is 0 Å². The van der Waals surface area contributed by atoms with Gasteiger partial charge >= 0.3 is 5.97 Å². The van der Waals surface area contributed by atoms with Gasteiger partial charge in [0.05, 0.1) is 42.2 Å². The molecule has 11 nitrogen and oxygen atoms in total. The second-order valence-corrected chi connectivity index (χ2v) is 16.1. The van der Waals surface area contributed by atoms with E-state index in [2.05, 4.69) is 6.92 Å². The van der Waals surface area contributed by atoms with Gasteiger partial charge in [0.15, 0.2) is 12.6 Å². The third-order valence-corrected chi connectivity index (χ3v) is 14.0. The van der Waals surface area contributed by atoms with Crippen LogP contribution in [0.3, 0.4) is 0 Å². The number of ether oxygens (including phenoxy) is 5. The van der Waals surface area contributed by atoms with E-state index in [1.165, 1.54) is 0 Å². The van der Waals surface area contributed by atoms with Gasteiger partial charge in [-0.05, 0) is 99.9 Å². The number of esters is 1. The molecule has 0 radical (unpaired) electrons. The fourth-order valence-corrected chi connectivity index (χ4v) is 11.3. The lowest BCUT2D eigenvalue weighted by Crippen LogP contribution is -2.67. The molecule has 4 saturated carbocycles. The van der Waals surface area contributed by atoms with Gasteiger partial charge in [0.25, 0.3) is 0 Å². The normalized spacial score (nSPS) is 55.6. The molecule has 0 bridgehead atoms.